The van der Waals surface area contributed by atoms with Crippen LogP contribution < -0.4 is 5.32 Å². The third-order valence-corrected chi connectivity index (χ3v) is 4.79. The smallest absolute Gasteiger partial charge is 0.259 e. The molecule has 0 aliphatic carbocycles. The van der Waals surface area contributed by atoms with Crippen molar-refractivity contribution in [3.63, 3.8) is 0 Å². The van der Waals surface area contributed by atoms with Gasteiger partial charge in [-0.25, -0.2) is 0 Å². The fraction of sp³-hybridized carbons (Fsp3) is 0.304. The number of carbonyl (C=O) groups is 1. The maximum absolute atomic E-state index is 12.8. The Labute approximate surface area is 161 Å². The molecule has 0 aliphatic heterocycles. The average Bonchev–Trinajstić information content (AvgIpc) is 2.89. The van der Waals surface area contributed by atoms with E-state index < -0.39 is 0 Å². The van der Waals surface area contributed by atoms with Gasteiger partial charge in [0.15, 0.2) is 0 Å². The number of aromatic nitrogens is 2. The molecule has 0 fully saturated rings. The van der Waals surface area contributed by atoms with Gasteiger partial charge in [-0.1, -0.05) is 63.2 Å². The van der Waals surface area contributed by atoms with Crippen molar-refractivity contribution in [3.05, 3.63) is 82.7 Å². The van der Waals surface area contributed by atoms with Crippen molar-refractivity contribution < 1.29 is 4.79 Å². The Morgan fingerprint density at radius 1 is 1.00 bits per heavy atom. The molecular weight excluding hydrogens is 334 g/mol. The van der Waals surface area contributed by atoms with Gasteiger partial charge in [0.1, 0.15) is 0 Å². The highest BCUT2D eigenvalue weighted by atomic mass is 16.1. The molecule has 2 aromatic carbocycles. The van der Waals surface area contributed by atoms with E-state index in [4.69, 9.17) is 0 Å². The van der Waals surface area contributed by atoms with Crippen LogP contribution in [0.1, 0.15) is 53.6 Å². The number of carbonyl (C=O) groups excluding carboxylic acids is 1. The van der Waals surface area contributed by atoms with Gasteiger partial charge >= 0.3 is 0 Å². The fourth-order valence-electron chi connectivity index (χ4n) is 3.18. The molecule has 1 aromatic heterocycles. The van der Waals surface area contributed by atoms with Crippen molar-refractivity contribution >= 4 is 11.6 Å². The molecule has 4 heteroatoms. The van der Waals surface area contributed by atoms with E-state index in [9.17, 15) is 4.79 Å². The summed E-state index contributed by atoms with van der Waals surface area (Å²) in [6.45, 7) is 11.0. The third kappa shape index (κ3) is 4.27. The van der Waals surface area contributed by atoms with Crippen LogP contribution in [0.2, 0.25) is 0 Å². The van der Waals surface area contributed by atoms with E-state index in [2.05, 4.69) is 55.5 Å². The minimum atomic E-state index is -0.118. The van der Waals surface area contributed by atoms with Crippen molar-refractivity contribution in [2.45, 2.75) is 46.6 Å². The molecule has 0 aliphatic rings. The number of aryl methyl sites for hydroxylation is 1. The summed E-state index contributed by atoms with van der Waals surface area (Å²) in [6.07, 6.45) is 0. The maximum Gasteiger partial charge on any atom is 0.259 e. The molecule has 1 N–H and O–H groups in total. The zero-order valence-electron chi connectivity index (χ0n) is 16.7. The highest BCUT2D eigenvalue weighted by Crippen LogP contribution is 2.24. The molecule has 3 aromatic rings. The van der Waals surface area contributed by atoms with Crippen LogP contribution in [0.25, 0.3) is 0 Å². The van der Waals surface area contributed by atoms with Crippen molar-refractivity contribution in [2.24, 2.45) is 0 Å². The van der Waals surface area contributed by atoms with Gasteiger partial charge < -0.3 is 5.32 Å². The topological polar surface area (TPSA) is 46.9 Å². The van der Waals surface area contributed by atoms with Gasteiger partial charge in [-0.05, 0) is 42.5 Å². The van der Waals surface area contributed by atoms with E-state index in [-0.39, 0.29) is 11.3 Å². The van der Waals surface area contributed by atoms with E-state index in [0.29, 0.717) is 12.1 Å². The number of nitrogens with zero attached hydrogens (tertiary/aromatic N) is 2. The van der Waals surface area contributed by atoms with Gasteiger partial charge in [0.05, 0.1) is 17.8 Å². The van der Waals surface area contributed by atoms with Crippen LogP contribution in [0.5, 0.6) is 0 Å². The largest absolute Gasteiger partial charge is 0.322 e. The summed E-state index contributed by atoms with van der Waals surface area (Å²) < 4.78 is 1.89. The molecule has 0 unspecified atom stereocenters. The Bertz CT molecular complexity index is 932. The zero-order valence-corrected chi connectivity index (χ0v) is 16.7. The van der Waals surface area contributed by atoms with E-state index in [1.807, 2.05) is 48.9 Å². The molecule has 0 saturated carbocycles. The second-order valence-electron chi connectivity index (χ2n) is 7.97. The Morgan fingerprint density at radius 3 is 2.22 bits per heavy atom. The summed E-state index contributed by atoms with van der Waals surface area (Å²) in [5.74, 6) is -0.118. The third-order valence-electron chi connectivity index (χ3n) is 4.79. The molecule has 0 saturated heterocycles. The number of anilines is 1. The van der Waals surface area contributed by atoms with Crippen LogP contribution in [0, 0.1) is 13.8 Å². The first-order valence-corrected chi connectivity index (χ1v) is 9.25. The normalized spacial score (nSPS) is 11.4. The monoisotopic (exact) mass is 361 g/mol. The lowest BCUT2D eigenvalue weighted by atomic mass is 9.87. The number of benzene rings is 2. The maximum atomic E-state index is 12.8. The van der Waals surface area contributed by atoms with Crippen LogP contribution >= 0.6 is 0 Å². The molecule has 0 radical (unpaired) electrons. The lowest BCUT2D eigenvalue weighted by molar-refractivity contribution is 0.102. The number of amides is 1. The van der Waals surface area contributed by atoms with E-state index in [1.165, 1.54) is 5.56 Å². The molecule has 1 heterocycles. The van der Waals surface area contributed by atoms with Crippen LogP contribution in [-0.4, -0.2) is 15.7 Å². The van der Waals surface area contributed by atoms with E-state index >= 15 is 0 Å². The molecule has 0 atom stereocenters. The summed E-state index contributed by atoms with van der Waals surface area (Å²) in [5, 5.41) is 7.57. The number of nitrogens with one attached hydrogen (secondary N) is 1. The Kier molecular flexibility index (Phi) is 5.17. The lowest BCUT2D eigenvalue weighted by Crippen LogP contribution is -2.15. The van der Waals surface area contributed by atoms with Gasteiger partial charge in [0.25, 0.3) is 5.91 Å². The first kappa shape index (κ1) is 18.9. The Hall–Kier alpha value is -2.88. The summed E-state index contributed by atoms with van der Waals surface area (Å²) in [6, 6.07) is 18.2. The first-order valence-electron chi connectivity index (χ1n) is 9.25. The number of rotatable bonds is 4. The van der Waals surface area contributed by atoms with Crippen molar-refractivity contribution in [1.82, 2.24) is 9.78 Å². The van der Waals surface area contributed by atoms with Crippen molar-refractivity contribution in [3.8, 4) is 0 Å². The lowest BCUT2D eigenvalue weighted by Gasteiger charge is -2.19. The minimum Gasteiger partial charge on any atom is -0.322 e. The molecule has 4 nitrogen and oxygen atoms in total. The molecule has 0 spiro atoms. The number of hydrogen-bond donors (Lipinski definition) is 1. The SMILES string of the molecule is Cc1nn(Cc2ccccc2)c(C)c1C(=O)Nc1ccc(C(C)(C)C)cc1. The molecule has 1 amide bonds. The summed E-state index contributed by atoms with van der Waals surface area (Å²) >= 11 is 0. The van der Waals surface area contributed by atoms with Crippen LogP contribution in [0.15, 0.2) is 54.6 Å². The standard InChI is InChI=1S/C23H27N3O/c1-16-21(17(2)26(25-16)15-18-9-7-6-8-10-18)22(27)24-20-13-11-19(12-14-20)23(3,4)5/h6-14H,15H2,1-5H3,(H,24,27). The van der Waals surface area contributed by atoms with Gasteiger partial charge in [0, 0.05) is 11.4 Å². The predicted molar refractivity (Wildman–Crippen MR) is 110 cm³/mol. The van der Waals surface area contributed by atoms with E-state index in [1.54, 1.807) is 0 Å². The Balaban J connectivity index is 1.79. The summed E-state index contributed by atoms with van der Waals surface area (Å²) in [4.78, 5) is 12.8. The molecule has 0 bridgehead atoms. The average molecular weight is 361 g/mol. The first-order chi connectivity index (χ1) is 12.8. The van der Waals surface area contributed by atoms with Gasteiger partial charge in [-0.2, -0.15) is 5.10 Å². The highest BCUT2D eigenvalue weighted by molar-refractivity contribution is 6.05. The molecule has 3 rings (SSSR count). The van der Waals surface area contributed by atoms with Gasteiger partial charge in [-0.3, -0.25) is 9.48 Å². The van der Waals surface area contributed by atoms with Crippen LogP contribution in [0.3, 0.4) is 0 Å². The van der Waals surface area contributed by atoms with Crippen molar-refractivity contribution in [2.75, 3.05) is 5.32 Å². The Morgan fingerprint density at radius 2 is 1.63 bits per heavy atom. The van der Waals surface area contributed by atoms with E-state index in [0.717, 1.165) is 22.6 Å². The molecular formula is C23H27N3O. The second-order valence-corrected chi connectivity index (χ2v) is 7.97. The fourth-order valence-corrected chi connectivity index (χ4v) is 3.18. The zero-order chi connectivity index (χ0) is 19.6. The summed E-state index contributed by atoms with van der Waals surface area (Å²) in [5.41, 5.74) is 5.55. The van der Waals surface area contributed by atoms with Crippen molar-refractivity contribution in [1.29, 1.82) is 0 Å². The molecule has 27 heavy (non-hydrogen) atoms. The van der Waals surface area contributed by atoms with Gasteiger partial charge in [0.2, 0.25) is 0 Å². The van der Waals surface area contributed by atoms with Crippen LogP contribution in [0.4, 0.5) is 5.69 Å². The number of hydrogen-bond acceptors (Lipinski definition) is 2. The van der Waals surface area contributed by atoms with Crippen LogP contribution in [-0.2, 0) is 12.0 Å². The molecule has 140 valence electrons. The summed E-state index contributed by atoms with van der Waals surface area (Å²) in [7, 11) is 0. The second kappa shape index (κ2) is 7.39. The highest BCUT2D eigenvalue weighted by Gasteiger charge is 2.19. The minimum absolute atomic E-state index is 0.0916. The predicted octanol–water partition coefficient (Wildman–Crippen LogP) is 5.10. The quantitative estimate of drug-likeness (QED) is 0.703. The van der Waals surface area contributed by atoms with Gasteiger partial charge in [-0.15, -0.1) is 0 Å².